The van der Waals surface area contributed by atoms with Crippen LogP contribution < -0.4 is 5.32 Å². The molecule has 2 rings (SSSR count). The van der Waals surface area contributed by atoms with Crippen LogP contribution in [0.15, 0.2) is 0 Å². The van der Waals surface area contributed by atoms with Crippen LogP contribution in [-0.2, 0) is 4.79 Å². The number of hydrogen-bond donors (Lipinski definition) is 2. The molecular formula is C12H20N2O2S. The predicted octanol–water partition coefficient (Wildman–Crippen LogP) is 1.81. The van der Waals surface area contributed by atoms with E-state index in [1.165, 1.54) is 17.7 Å². The summed E-state index contributed by atoms with van der Waals surface area (Å²) in [5, 5.41) is 2.72. The number of amides is 3. The molecule has 2 aliphatic rings. The van der Waals surface area contributed by atoms with Crippen molar-refractivity contribution in [2.45, 2.75) is 45.1 Å². The second-order valence-electron chi connectivity index (χ2n) is 5.81. The third-order valence-corrected chi connectivity index (χ3v) is 4.61. The van der Waals surface area contributed by atoms with Crippen molar-refractivity contribution in [2.75, 3.05) is 12.3 Å². The monoisotopic (exact) mass is 256 g/mol. The number of carbonyl (C=O) groups excluding carboxylic acids is 2. The lowest BCUT2D eigenvalue weighted by atomic mass is 9.87. The molecule has 1 aliphatic carbocycles. The molecule has 0 bridgehead atoms. The number of carbonyl (C=O) groups is 2. The van der Waals surface area contributed by atoms with Crippen molar-refractivity contribution in [3.05, 3.63) is 0 Å². The Labute approximate surface area is 108 Å². The Morgan fingerprint density at radius 2 is 1.88 bits per heavy atom. The molecular weight excluding hydrogens is 236 g/mol. The van der Waals surface area contributed by atoms with E-state index in [0.29, 0.717) is 6.54 Å². The van der Waals surface area contributed by atoms with Crippen LogP contribution >= 0.6 is 12.6 Å². The smallest absolute Gasteiger partial charge is 0.324 e. The zero-order chi connectivity index (χ0) is 12.7. The molecule has 5 heteroatoms. The standard InChI is InChI=1S/C12H20N2O2S/c1-11(2)9(15)14(10(16)13-11)7-12(8-17)5-3-4-6-12/h17H,3-8H2,1-2H3,(H,13,16). The fraction of sp³-hybridized carbons (Fsp3) is 0.833. The van der Waals surface area contributed by atoms with Gasteiger partial charge in [0.25, 0.3) is 5.91 Å². The van der Waals surface area contributed by atoms with E-state index < -0.39 is 5.54 Å². The molecule has 0 unspecified atom stereocenters. The van der Waals surface area contributed by atoms with Gasteiger partial charge in [0.05, 0.1) is 0 Å². The van der Waals surface area contributed by atoms with Crippen molar-refractivity contribution >= 4 is 24.6 Å². The van der Waals surface area contributed by atoms with E-state index in [9.17, 15) is 9.59 Å². The van der Waals surface area contributed by atoms with Gasteiger partial charge in [-0.2, -0.15) is 12.6 Å². The number of thiol groups is 1. The maximum atomic E-state index is 12.1. The van der Waals surface area contributed by atoms with E-state index in [4.69, 9.17) is 0 Å². The first kappa shape index (κ1) is 12.7. The lowest BCUT2D eigenvalue weighted by Crippen LogP contribution is -2.43. The molecule has 2 fully saturated rings. The summed E-state index contributed by atoms with van der Waals surface area (Å²) in [5.41, 5.74) is -0.718. The molecule has 0 aromatic heterocycles. The summed E-state index contributed by atoms with van der Waals surface area (Å²) in [6.45, 7) is 4.01. The number of rotatable bonds is 3. The van der Waals surface area contributed by atoms with Crippen molar-refractivity contribution in [3.8, 4) is 0 Å². The van der Waals surface area contributed by atoms with Crippen LogP contribution in [-0.4, -0.2) is 34.7 Å². The Kier molecular flexibility index (Phi) is 3.14. The van der Waals surface area contributed by atoms with E-state index in [0.717, 1.165) is 18.6 Å². The molecule has 0 aromatic carbocycles. The van der Waals surface area contributed by atoms with E-state index in [1.807, 2.05) is 0 Å². The molecule has 1 saturated heterocycles. The van der Waals surface area contributed by atoms with Crippen LogP contribution in [0.3, 0.4) is 0 Å². The summed E-state index contributed by atoms with van der Waals surface area (Å²) in [6.07, 6.45) is 4.48. The van der Waals surface area contributed by atoms with Gasteiger partial charge in [-0.1, -0.05) is 12.8 Å². The van der Waals surface area contributed by atoms with Crippen molar-refractivity contribution in [2.24, 2.45) is 5.41 Å². The molecule has 3 amide bonds. The molecule has 17 heavy (non-hydrogen) atoms. The lowest BCUT2D eigenvalue weighted by molar-refractivity contribution is -0.131. The molecule has 1 saturated carbocycles. The first-order chi connectivity index (χ1) is 7.90. The van der Waals surface area contributed by atoms with Crippen molar-refractivity contribution in [1.82, 2.24) is 10.2 Å². The molecule has 0 spiro atoms. The van der Waals surface area contributed by atoms with Gasteiger partial charge in [-0.05, 0) is 37.9 Å². The maximum Gasteiger partial charge on any atom is 0.325 e. The summed E-state index contributed by atoms with van der Waals surface area (Å²) >= 11 is 4.41. The Bertz CT molecular complexity index is 348. The van der Waals surface area contributed by atoms with Crippen LogP contribution in [0.4, 0.5) is 4.79 Å². The first-order valence-electron chi connectivity index (χ1n) is 6.15. The zero-order valence-corrected chi connectivity index (χ0v) is 11.3. The largest absolute Gasteiger partial charge is 0.325 e. The minimum absolute atomic E-state index is 0.0382. The fourth-order valence-electron chi connectivity index (χ4n) is 2.79. The highest BCUT2D eigenvalue weighted by Gasteiger charge is 2.47. The maximum absolute atomic E-state index is 12.1. The summed E-state index contributed by atoms with van der Waals surface area (Å²) in [4.78, 5) is 25.3. The summed E-state index contributed by atoms with van der Waals surface area (Å²) in [6, 6.07) is -0.256. The van der Waals surface area contributed by atoms with E-state index in [2.05, 4.69) is 17.9 Å². The second kappa shape index (κ2) is 4.19. The molecule has 0 atom stereocenters. The summed E-state index contributed by atoms with van der Waals surface area (Å²) in [5.74, 6) is 0.625. The van der Waals surface area contributed by atoms with Crippen LogP contribution in [0.25, 0.3) is 0 Å². The Morgan fingerprint density at radius 1 is 1.29 bits per heavy atom. The molecule has 0 aromatic rings. The molecule has 1 N–H and O–H groups in total. The van der Waals surface area contributed by atoms with E-state index >= 15 is 0 Å². The molecule has 96 valence electrons. The summed E-state index contributed by atoms with van der Waals surface area (Å²) < 4.78 is 0. The zero-order valence-electron chi connectivity index (χ0n) is 10.5. The van der Waals surface area contributed by atoms with Crippen LogP contribution in [0, 0.1) is 5.41 Å². The molecule has 0 radical (unpaired) electrons. The second-order valence-corrected chi connectivity index (χ2v) is 6.13. The average Bonchev–Trinajstić information content (AvgIpc) is 2.79. The summed E-state index contributed by atoms with van der Waals surface area (Å²) in [7, 11) is 0. The van der Waals surface area contributed by atoms with Gasteiger partial charge in [-0.3, -0.25) is 9.69 Å². The van der Waals surface area contributed by atoms with Crippen LogP contribution in [0.1, 0.15) is 39.5 Å². The van der Waals surface area contributed by atoms with Gasteiger partial charge in [0, 0.05) is 6.54 Å². The van der Waals surface area contributed by atoms with E-state index in [-0.39, 0.29) is 17.4 Å². The number of nitrogens with one attached hydrogen (secondary N) is 1. The van der Waals surface area contributed by atoms with Gasteiger partial charge in [0.15, 0.2) is 0 Å². The number of urea groups is 1. The van der Waals surface area contributed by atoms with Gasteiger partial charge in [0.2, 0.25) is 0 Å². The van der Waals surface area contributed by atoms with Crippen molar-refractivity contribution in [3.63, 3.8) is 0 Å². The van der Waals surface area contributed by atoms with Crippen LogP contribution in [0.2, 0.25) is 0 Å². The van der Waals surface area contributed by atoms with Gasteiger partial charge >= 0.3 is 6.03 Å². The number of imide groups is 1. The Hall–Kier alpha value is -0.710. The third-order valence-electron chi connectivity index (χ3n) is 3.94. The minimum Gasteiger partial charge on any atom is -0.324 e. The SMILES string of the molecule is CC1(C)NC(=O)N(CC2(CS)CCCC2)C1=O. The van der Waals surface area contributed by atoms with E-state index in [1.54, 1.807) is 13.8 Å². The highest BCUT2D eigenvalue weighted by Crippen LogP contribution is 2.40. The van der Waals surface area contributed by atoms with Gasteiger partial charge in [0.1, 0.15) is 5.54 Å². The van der Waals surface area contributed by atoms with Crippen molar-refractivity contribution in [1.29, 1.82) is 0 Å². The van der Waals surface area contributed by atoms with Crippen molar-refractivity contribution < 1.29 is 9.59 Å². The lowest BCUT2D eigenvalue weighted by Gasteiger charge is -2.30. The molecule has 4 nitrogen and oxygen atoms in total. The minimum atomic E-state index is -0.756. The van der Waals surface area contributed by atoms with Gasteiger partial charge in [-0.25, -0.2) is 4.79 Å². The third kappa shape index (κ3) is 2.17. The number of hydrogen-bond acceptors (Lipinski definition) is 3. The Balaban J connectivity index is 2.13. The van der Waals surface area contributed by atoms with Gasteiger partial charge < -0.3 is 5.32 Å². The topological polar surface area (TPSA) is 49.4 Å². The molecule has 1 heterocycles. The van der Waals surface area contributed by atoms with Crippen LogP contribution in [0.5, 0.6) is 0 Å². The number of nitrogens with zero attached hydrogens (tertiary/aromatic N) is 1. The van der Waals surface area contributed by atoms with Gasteiger partial charge in [-0.15, -0.1) is 0 Å². The quantitative estimate of drug-likeness (QED) is 0.597. The first-order valence-corrected chi connectivity index (χ1v) is 6.78. The Morgan fingerprint density at radius 3 is 2.29 bits per heavy atom. The predicted molar refractivity (Wildman–Crippen MR) is 69.1 cm³/mol. The normalized spacial score (nSPS) is 26.4. The molecule has 1 aliphatic heterocycles. The highest BCUT2D eigenvalue weighted by atomic mass is 32.1. The average molecular weight is 256 g/mol. The highest BCUT2D eigenvalue weighted by molar-refractivity contribution is 7.80. The fourth-order valence-corrected chi connectivity index (χ4v) is 3.20.